The molecule has 0 bridgehead atoms. The van der Waals surface area contributed by atoms with Gasteiger partial charge in [0.1, 0.15) is 0 Å². The Labute approximate surface area is 127 Å². The summed E-state index contributed by atoms with van der Waals surface area (Å²) in [7, 11) is 0. The van der Waals surface area contributed by atoms with Crippen LogP contribution >= 0.6 is 23.3 Å². The number of hydrogen-bond donors (Lipinski definition) is 0. The molecular weight excluding hydrogens is 284 g/mol. The van der Waals surface area contributed by atoms with Gasteiger partial charge in [-0.3, -0.25) is 0 Å². The van der Waals surface area contributed by atoms with Gasteiger partial charge >= 0.3 is 0 Å². The van der Waals surface area contributed by atoms with E-state index >= 15 is 0 Å². The molecule has 100 valence electrons. The third-order valence-electron chi connectivity index (χ3n) is 2.94. The highest BCUT2D eigenvalue weighted by molar-refractivity contribution is 8.01. The second-order valence-corrected chi connectivity index (χ2v) is 6.74. The number of benzene rings is 2. The molecule has 1 aromatic heterocycles. The molecule has 0 N–H and O–H groups in total. The molecule has 0 amide bonds. The Morgan fingerprint density at radius 1 is 0.850 bits per heavy atom. The molecule has 0 aliphatic rings. The van der Waals surface area contributed by atoms with Gasteiger partial charge in [0, 0.05) is 10.5 Å². The van der Waals surface area contributed by atoms with Crippen LogP contribution in [0.4, 0.5) is 0 Å². The molecule has 2 aromatic carbocycles. The smallest absolute Gasteiger partial charge is 0.175 e. The number of rotatable bonds is 3. The molecular formula is C16H14N2S2. The van der Waals surface area contributed by atoms with E-state index in [-0.39, 0.29) is 0 Å². The van der Waals surface area contributed by atoms with Gasteiger partial charge in [0.15, 0.2) is 10.2 Å². The minimum atomic E-state index is 0.810. The van der Waals surface area contributed by atoms with E-state index in [4.69, 9.17) is 0 Å². The zero-order valence-electron chi connectivity index (χ0n) is 11.3. The summed E-state index contributed by atoms with van der Waals surface area (Å²) in [6, 6.07) is 16.8. The summed E-state index contributed by atoms with van der Waals surface area (Å²) in [6.07, 6.45) is 0. The van der Waals surface area contributed by atoms with Crippen LogP contribution in [-0.4, -0.2) is 9.36 Å². The molecule has 0 radical (unpaired) electrons. The monoisotopic (exact) mass is 298 g/mol. The number of aromatic nitrogens is 2. The number of aryl methyl sites for hydroxylation is 2. The molecule has 20 heavy (non-hydrogen) atoms. The Hall–Kier alpha value is -1.65. The summed E-state index contributed by atoms with van der Waals surface area (Å²) in [5.74, 6) is 0.810. The van der Waals surface area contributed by atoms with Crippen LogP contribution in [0.5, 0.6) is 0 Å². The van der Waals surface area contributed by atoms with Gasteiger partial charge in [0.05, 0.1) is 0 Å². The van der Waals surface area contributed by atoms with E-state index in [1.165, 1.54) is 27.6 Å². The van der Waals surface area contributed by atoms with E-state index in [1.807, 2.05) is 0 Å². The molecule has 0 fully saturated rings. The van der Waals surface area contributed by atoms with Crippen molar-refractivity contribution >= 4 is 23.3 Å². The lowest BCUT2D eigenvalue weighted by atomic mass is 10.1. The molecule has 0 saturated heterocycles. The van der Waals surface area contributed by atoms with Crippen LogP contribution in [0.3, 0.4) is 0 Å². The van der Waals surface area contributed by atoms with Gasteiger partial charge in [-0.15, -0.1) is 0 Å². The topological polar surface area (TPSA) is 25.8 Å². The van der Waals surface area contributed by atoms with Crippen LogP contribution in [0.15, 0.2) is 57.8 Å². The first-order valence-corrected chi connectivity index (χ1v) is 7.95. The Kier molecular flexibility index (Phi) is 3.85. The summed E-state index contributed by atoms with van der Waals surface area (Å²) < 4.78 is 5.42. The second kappa shape index (κ2) is 5.77. The van der Waals surface area contributed by atoms with Crippen LogP contribution < -0.4 is 0 Å². The summed E-state index contributed by atoms with van der Waals surface area (Å²) in [5.41, 5.74) is 3.59. The molecule has 0 spiro atoms. The standard InChI is InChI=1S/C16H14N2S2/c1-11-3-7-13(8-4-11)15-17-16(20-18-15)19-14-9-5-12(2)6-10-14/h3-10H,1-2H3. The van der Waals surface area contributed by atoms with Gasteiger partial charge in [-0.2, -0.15) is 4.37 Å². The minimum Gasteiger partial charge on any atom is -0.208 e. The van der Waals surface area contributed by atoms with Crippen LogP contribution in [0.25, 0.3) is 11.4 Å². The van der Waals surface area contributed by atoms with E-state index in [9.17, 15) is 0 Å². The SMILES string of the molecule is Cc1ccc(Sc2nc(-c3ccc(C)cc3)ns2)cc1. The molecule has 1 heterocycles. The molecule has 4 heteroatoms. The molecule has 0 aliphatic heterocycles. The molecule has 0 aliphatic carbocycles. The van der Waals surface area contributed by atoms with Gasteiger partial charge in [-0.05, 0) is 37.5 Å². The quantitative estimate of drug-likeness (QED) is 0.682. The van der Waals surface area contributed by atoms with Gasteiger partial charge in [-0.1, -0.05) is 59.3 Å². The third kappa shape index (κ3) is 3.08. The van der Waals surface area contributed by atoms with Gasteiger partial charge in [0.25, 0.3) is 0 Å². The Bertz CT molecular complexity index is 700. The summed E-state index contributed by atoms with van der Waals surface area (Å²) in [5, 5.41) is 0. The van der Waals surface area contributed by atoms with Crippen molar-refractivity contribution in [3.8, 4) is 11.4 Å². The molecule has 0 saturated carbocycles. The zero-order valence-corrected chi connectivity index (χ0v) is 13.0. The second-order valence-electron chi connectivity index (χ2n) is 4.67. The van der Waals surface area contributed by atoms with Crippen LogP contribution in [0.1, 0.15) is 11.1 Å². The zero-order chi connectivity index (χ0) is 13.9. The van der Waals surface area contributed by atoms with Crippen molar-refractivity contribution in [2.75, 3.05) is 0 Å². The lowest BCUT2D eigenvalue weighted by Gasteiger charge is -1.98. The fraction of sp³-hybridized carbons (Fsp3) is 0.125. The van der Waals surface area contributed by atoms with Gasteiger partial charge in [0.2, 0.25) is 0 Å². The van der Waals surface area contributed by atoms with E-state index in [2.05, 4.69) is 71.7 Å². The molecule has 3 aromatic rings. The van der Waals surface area contributed by atoms with E-state index in [0.29, 0.717) is 0 Å². The Morgan fingerprint density at radius 3 is 2.10 bits per heavy atom. The molecule has 2 nitrogen and oxygen atoms in total. The predicted molar refractivity (Wildman–Crippen MR) is 85.4 cm³/mol. The molecule has 0 atom stereocenters. The summed E-state index contributed by atoms with van der Waals surface area (Å²) in [4.78, 5) is 5.79. The van der Waals surface area contributed by atoms with E-state index in [1.54, 1.807) is 11.8 Å². The molecule has 3 rings (SSSR count). The predicted octanol–water partition coefficient (Wildman–Crippen LogP) is 4.97. The van der Waals surface area contributed by atoms with E-state index in [0.717, 1.165) is 15.7 Å². The highest BCUT2D eigenvalue weighted by Gasteiger charge is 2.07. The van der Waals surface area contributed by atoms with Crippen molar-refractivity contribution in [3.63, 3.8) is 0 Å². The van der Waals surface area contributed by atoms with Crippen molar-refractivity contribution in [2.45, 2.75) is 23.1 Å². The van der Waals surface area contributed by atoms with Crippen molar-refractivity contribution in [1.82, 2.24) is 9.36 Å². The fourth-order valence-corrected chi connectivity index (χ4v) is 3.37. The average Bonchev–Trinajstić information content (AvgIpc) is 2.91. The summed E-state index contributed by atoms with van der Waals surface area (Å²) in [6.45, 7) is 4.17. The maximum Gasteiger partial charge on any atom is 0.175 e. The highest BCUT2D eigenvalue weighted by atomic mass is 32.2. The first kappa shape index (κ1) is 13.3. The highest BCUT2D eigenvalue weighted by Crippen LogP contribution is 2.31. The summed E-state index contributed by atoms with van der Waals surface area (Å²) >= 11 is 3.11. The third-order valence-corrected chi connectivity index (χ3v) is 4.70. The maximum absolute atomic E-state index is 4.60. The van der Waals surface area contributed by atoms with Crippen LogP contribution in [0, 0.1) is 13.8 Å². The Morgan fingerprint density at radius 2 is 1.45 bits per heavy atom. The number of hydrogen-bond acceptors (Lipinski definition) is 4. The lowest BCUT2D eigenvalue weighted by molar-refractivity contribution is 1.21. The van der Waals surface area contributed by atoms with Gasteiger partial charge in [-0.25, -0.2) is 4.98 Å². The average molecular weight is 298 g/mol. The minimum absolute atomic E-state index is 0.810. The van der Waals surface area contributed by atoms with Crippen molar-refractivity contribution in [2.24, 2.45) is 0 Å². The van der Waals surface area contributed by atoms with Crippen LogP contribution in [-0.2, 0) is 0 Å². The molecule has 0 unspecified atom stereocenters. The van der Waals surface area contributed by atoms with Crippen LogP contribution in [0.2, 0.25) is 0 Å². The van der Waals surface area contributed by atoms with Crippen molar-refractivity contribution in [3.05, 3.63) is 59.7 Å². The largest absolute Gasteiger partial charge is 0.208 e. The normalized spacial score (nSPS) is 10.7. The Balaban J connectivity index is 1.80. The van der Waals surface area contributed by atoms with E-state index < -0.39 is 0 Å². The maximum atomic E-state index is 4.60. The first-order valence-electron chi connectivity index (χ1n) is 6.36. The lowest BCUT2D eigenvalue weighted by Crippen LogP contribution is -1.81. The van der Waals surface area contributed by atoms with Crippen molar-refractivity contribution < 1.29 is 0 Å². The van der Waals surface area contributed by atoms with Gasteiger partial charge < -0.3 is 0 Å². The fourth-order valence-electron chi connectivity index (χ4n) is 1.78. The first-order chi connectivity index (χ1) is 9.70. The number of nitrogens with zero attached hydrogens (tertiary/aromatic N) is 2. The van der Waals surface area contributed by atoms with Crippen molar-refractivity contribution in [1.29, 1.82) is 0 Å².